The van der Waals surface area contributed by atoms with Gasteiger partial charge < -0.3 is 5.32 Å². The highest BCUT2D eigenvalue weighted by Crippen LogP contribution is 2.16. The van der Waals surface area contributed by atoms with Crippen LogP contribution in [-0.4, -0.2) is 62.8 Å². The van der Waals surface area contributed by atoms with Crippen LogP contribution in [0.4, 0.5) is 0 Å². The van der Waals surface area contributed by atoms with Gasteiger partial charge in [-0.15, -0.1) is 0 Å². The van der Waals surface area contributed by atoms with Crippen LogP contribution in [0.3, 0.4) is 0 Å². The Bertz CT molecular complexity index is 611. The summed E-state index contributed by atoms with van der Waals surface area (Å²) in [4.78, 5) is 14.2. The lowest BCUT2D eigenvalue weighted by atomic mass is 10.2. The minimum atomic E-state index is -3.43. The van der Waals surface area contributed by atoms with Gasteiger partial charge in [-0.05, 0) is 18.6 Å². The number of rotatable bonds is 8. The number of hydrogen-bond donors (Lipinski definition) is 1. The van der Waals surface area contributed by atoms with Crippen molar-refractivity contribution in [3.63, 3.8) is 0 Å². The van der Waals surface area contributed by atoms with Crippen molar-refractivity contribution in [3.8, 4) is 0 Å². The summed E-state index contributed by atoms with van der Waals surface area (Å²) in [6.07, 6.45) is 3.26. The predicted molar refractivity (Wildman–Crippen MR) is 94.2 cm³/mol. The molecule has 1 fully saturated rings. The monoisotopic (exact) mass is 353 g/mol. The summed E-state index contributed by atoms with van der Waals surface area (Å²) >= 11 is 0. The Morgan fingerprint density at radius 3 is 2.38 bits per heavy atom. The predicted octanol–water partition coefficient (Wildman–Crippen LogP) is 1.30. The van der Waals surface area contributed by atoms with Crippen molar-refractivity contribution in [2.24, 2.45) is 0 Å². The summed E-state index contributed by atoms with van der Waals surface area (Å²) in [5.41, 5.74) is 0. The molecule has 0 aliphatic carbocycles. The average Bonchev–Trinajstić information content (AvgIpc) is 2.60. The maximum Gasteiger partial charge on any atom is 0.243 e. The molecule has 1 N–H and O–H groups in total. The number of sulfonamides is 1. The molecule has 0 radical (unpaired) electrons. The first kappa shape index (κ1) is 18.9. The first-order valence-corrected chi connectivity index (χ1v) is 10.0. The van der Waals surface area contributed by atoms with Crippen LogP contribution in [0, 0.1) is 0 Å². The number of benzene rings is 1. The number of hydrogen-bond acceptors (Lipinski definition) is 4. The molecule has 1 aromatic rings. The van der Waals surface area contributed by atoms with Crippen molar-refractivity contribution in [1.82, 2.24) is 14.5 Å². The van der Waals surface area contributed by atoms with Gasteiger partial charge in [-0.1, -0.05) is 38.0 Å². The molecule has 134 valence electrons. The number of amides is 1. The van der Waals surface area contributed by atoms with Gasteiger partial charge >= 0.3 is 0 Å². The van der Waals surface area contributed by atoms with E-state index in [1.165, 1.54) is 4.31 Å². The Morgan fingerprint density at radius 1 is 1.08 bits per heavy atom. The molecule has 1 aliphatic heterocycles. The lowest BCUT2D eigenvalue weighted by Gasteiger charge is -2.33. The smallest absolute Gasteiger partial charge is 0.243 e. The van der Waals surface area contributed by atoms with Crippen LogP contribution in [0.5, 0.6) is 0 Å². The van der Waals surface area contributed by atoms with Crippen molar-refractivity contribution < 1.29 is 13.2 Å². The Hall–Kier alpha value is -1.44. The van der Waals surface area contributed by atoms with E-state index >= 15 is 0 Å². The zero-order valence-electron chi connectivity index (χ0n) is 14.3. The van der Waals surface area contributed by atoms with Gasteiger partial charge in [0, 0.05) is 32.7 Å². The fourth-order valence-electron chi connectivity index (χ4n) is 2.73. The Kier molecular flexibility index (Phi) is 7.20. The first-order valence-electron chi connectivity index (χ1n) is 8.58. The Morgan fingerprint density at radius 2 is 1.75 bits per heavy atom. The number of nitrogens with zero attached hydrogens (tertiary/aromatic N) is 2. The summed E-state index contributed by atoms with van der Waals surface area (Å²) in [7, 11) is -3.43. The summed E-state index contributed by atoms with van der Waals surface area (Å²) in [6.45, 7) is 5.18. The highest BCUT2D eigenvalue weighted by Gasteiger charge is 2.28. The van der Waals surface area contributed by atoms with Crippen molar-refractivity contribution in [1.29, 1.82) is 0 Å². The van der Waals surface area contributed by atoms with Crippen LogP contribution in [0.25, 0.3) is 0 Å². The van der Waals surface area contributed by atoms with Gasteiger partial charge in [0.2, 0.25) is 15.9 Å². The second kappa shape index (κ2) is 9.15. The molecule has 1 heterocycles. The van der Waals surface area contributed by atoms with E-state index in [1.807, 2.05) is 4.90 Å². The zero-order valence-corrected chi connectivity index (χ0v) is 15.1. The first-order chi connectivity index (χ1) is 11.5. The molecule has 0 bridgehead atoms. The second-order valence-corrected chi connectivity index (χ2v) is 7.99. The zero-order chi connectivity index (χ0) is 17.4. The van der Waals surface area contributed by atoms with Gasteiger partial charge in [0.1, 0.15) is 0 Å². The van der Waals surface area contributed by atoms with Gasteiger partial charge in [0.15, 0.2) is 0 Å². The van der Waals surface area contributed by atoms with E-state index in [4.69, 9.17) is 0 Å². The van der Waals surface area contributed by atoms with E-state index in [0.717, 1.165) is 25.8 Å². The van der Waals surface area contributed by atoms with Gasteiger partial charge in [0.05, 0.1) is 11.4 Å². The average molecular weight is 353 g/mol. The largest absolute Gasteiger partial charge is 0.355 e. The van der Waals surface area contributed by atoms with Crippen LogP contribution in [0.2, 0.25) is 0 Å². The summed E-state index contributed by atoms with van der Waals surface area (Å²) < 4.78 is 26.6. The highest BCUT2D eigenvalue weighted by atomic mass is 32.2. The topological polar surface area (TPSA) is 69.7 Å². The molecule has 0 aromatic heterocycles. The minimum Gasteiger partial charge on any atom is -0.355 e. The normalized spacial score (nSPS) is 16.9. The summed E-state index contributed by atoms with van der Waals surface area (Å²) in [5.74, 6) is 0.0190. The van der Waals surface area contributed by atoms with E-state index in [2.05, 4.69) is 12.2 Å². The van der Waals surface area contributed by atoms with Gasteiger partial charge in [-0.2, -0.15) is 4.31 Å². The van der Waals surface area contributed by atoms with Gasteiger partial charge in [0.25, 0.3) is 0 Å². The number of carbonyl (C=O) groups is 1. The van der Waals surface area contributed by atoms with E-state index in [1.54, 1.807) is 30.3 Å². The third-order valence-corrected chi connectivity index (χ3v) is 6.09. The molecule has 2 rings (SSSR count). The standard InChI is InChI=1S/C17H27N3O3S/c1-2-3-7-10-18-17(21)15-19-11-13-20(14-12-19)24(22,23)16-8-5-4-6-9-16/h4-6,8-9H,2-3,7,10-15H2,1H3,(H,18,21). The molecule has 6 nitrogen and oxygen atoms in total. The third-order valence-electron chi connectivity index (χ3n) is 4.18. The Balaban J connectivity index is 1.78. The van der Waals surface area contributed by atoms with Crippen LogP contribution in [0.1, 0.15) is 26.2 Å². The molecule has 1 saturated heterocycles. The van der Waals surface area contributed by atoms with Gasteiger partial charge in [-0.3, -0.25) is 9.69 Å². The Labute approximate surface area is 144 Å². The third kappa shape index (κ3) is 5.29. The lowest BCUT2D eigenvalue weighted by Crippen LogP contribution is -2.51. The summed E-state index contributed by atoms with van der Waals surface area (Å²) in [6, 6.07) is 8.49. The SMILES string of the molecule is CCCCCNC(=O)CN1CCN(S(=O)(=O)c2ccccc2)CC1. The molecule has 0 unspecified atom stereocenters. The van der Waals surface area contributed by atoms with E-state index in [-0.39, 0.29) is 5.91 Å². The van der Waals surface area contributed by atoms with Crippen LogP contribution >= 0.6 is 0 Å². The van der Waals surface area contributed by atoms with Crippen molar-refractivity contribution in [2.75, 3.05) is 39.3 Å². The van der Waals surface area contributed by atoms with Crippen LogP contribution in [-0.2, 0) is 14.8 Å². The van der Waals surface area contributed by atoms with Crippen molar-refractivity contribution >= 4 is 15.9 Å². The van der Waals surface area contributed by atoms with Gasteiger partial charge in [-0.25, -0.2) is 8.42 Å². The van der Waals surface area contributed by atoms with E-state index in [9.17, 15) is 13.2 Å². The molecule has 1 aliphatic rings. The van der Waals surface area contributed by atoms with Crippen molar-refractivity contribution in [3.05, 3.63) is 30.3 Å². The fraction of sp³-hybridized carbons (Fsp3) is 0.588. The molecule has 24 heavy (non-hydrogen) atoms. The van der Waals surface area contributed by atoms with Crippen molar-refractivity contribution in [2.45, 2.75) is 31.1 Å². The molecule has 7 heteroatoms. The van der Waals surface area contributed by atoms with E-state index in [0.29, 0.717) is 37.6 Å². The van der Waals surface area contributed by atoms with Crippen LogP contribution in [0.15, 0.2) is 35.2 Å². The lowest BCUT2D eigenvalue weighted by molar-refractivity contribution is -0.122. The van der Waals surface area contributed by atoms with Crippen LogP contribution < -0.4 is 5.32 Å². The number of nitrogens with one attached hydrogen (secondary N) is 1. The number of carbonyl (C=O) groups excluding carboxylic acids is 1. The molecule has 0 atom stereocenters. The molecule has 0 spiro atoms. The molecular formula is C17H27N3O3S. The van der Waals surface area contributed by atoms with E-state index < -0.39 is 10.0 Å². The summed E-state index contributed by atoms with van der Waals surface area (Å²) in [5, 5.41) is 2.92. The maximum atomic E-state index is 12.5. The number of unbranched alkanes of at least 4 members (excludes halogenated alkanes) is 2. The minimum absolute atomic E-state index is 0.0190. The molecule has 0 saturated carbocycles. The molecule has 1 amide bonds. The second-order valence-electron chi connectivity index (χ2n) is 6.05. The fourth-order valence-corrected chi connectivity index (χ4v) is 4.17. The quantitative estimate of drug-likeness (QED) is 0.715. The highest BCUT2D eigenvalue weighted by molar-refractivity contribution is 7.89. The maximum absolute atomic E-state index is 12.5. The number of piperazine rings is 1. The molecule has 1 aromatic carbocycles. The molecular weight excluding hydrogens is 326 g/mol.